The highest BCUT2D eigenvalue weighted by Gasteiger charge is 2.28. The quantitative estimate of drug-likeness (QED) is 0.130. The van der Waals surface area contributed by atoms with E-state index in [0.29, 0.717) is 0 Å². The molecule has 0 aromatic heterocycles. The fraction of sp³-hybridized carbons (Fsp3) is 0.650. The van der Waals surface area contributed by atoms with Crippen LogP contribution in [0.25, 0.3) is 0 Å². The van der Waals surface area contributed by atoms with E-state index >= 15 is 0 Å². The number of ether oxygens (including phenoxy) is 1. The van der Waals surface area contributed by atoms with E-state index in [1.165, 1.54) is 0 Å². The molecule has 8 nitrogen and oxygen atoms in total. The van der Waals surface area contributed by atoms with Gasteiger partial charge >= 0.3 is 0 Å². The topological polar surface area (TPSA) is 92.0 Å². The van der Waals surface area contributed by atoms with Gasteiger partial charge in [-0.05, 0) is 38.7 Å². The van der Waals surface area contributed by atoms with Gasteiger partial charge in [-0.3, -0.25) is 20.0 Å². The van der Waals surface area contributed by atoms with E-state index in [9.17, 15) is 10.1 Å². The minimum atomic E-state index is -0.368. The number of hydrogen-bond donors (Lipinski definition) is 2. The second kappa shape index (κ2) is 13.0. The third-order valence-electron chi connectivity index (χ3n) is 5.11. The molecule has 2 rings (SSSR count). The monoisotopic (exact) mass is 519 g/mol. The van der Waals surface area contributed by atoms with Crippen molar-refractivity contribution in [2.75, 3.05) is 46.4 Å². The van der Waals surface area contributed by atoms with Crippen LogP contribution in [0.2, 0.25) is 0 Å². The summed E-state index contributed by atoms with van der Waals surface area (Å²) in [4.78, 5) is 17.1. The van der Waals surface area contributed by atoms with Crippen LogP contribution in [0.4, 0.5) is 5.69 Å². The molecule has 164 valence electrons. The minimum absolute atomic E-state index is 0. The summed E-state index contributed by atoms with van der Waals surface area (Å²) in [7, 11) is 1.79. The lowest BCUT2D eigenvalue weighted by atomic mass is 10.0. The Balaban J connectivity index is 0.00000420. The van der Waals surface area contributed by atoms with Crippen LogP contribution in [0.1, 0.15) is 32.3 Å². The van der Waals surface area contributed by atoms with Gasteiger partial charge in [-0.1, -0.05) is 12.1 Å². The summed E-state index contributed by atoms with van der Waals surface area (Å²) in [5.41, 5.74) is 1.30. The molecular formula is C20H34IN5O3. The molecule has 0 unspecified atom stereocenters. The molecule has 2 N–H and O–H groups in total. The average Bonchev–Trinajstić information content (AvgIpc) is 2.71. The van der Waals surface area contributed by atoms with Gasteiger partial charge in [0.25, 0.3) is 5.69 Å². The Labute approximate surface area is 190 Å². The predicted molar refractivity (Wildman–Crippen MR) is 127 cm³/mol. The summed E-state index contributed by atoms with van der Waals surface area (Å²) in [6.07, 6.45) is 2.93. The first-order valence-corrected chi connectivity index (χ1v) is 9.93. The molecule has 1 saturated heterocycles. The van der Waals surface area contributed by atoms with Crippen molar-refractivity contribution in [1.82, 2.24) is 15.5 Å². The Hall–Kier alpha value is -1.46. The van der Waals surface area contributed by atoms with Crippen LogP contribution >= 0.6 is 24.0 Å². The number of halogens is 1. The van der Waals surface area contributed by atoms with E-state index in [0.717, 1.165) is 70.2 Å². The fourth-order valence-electron chi connectivity index (χ4n) is 3.25. The summed E-state index contributed by atoms with van der Waals surface area (Å²) in [5, 5.41) is 17.5. The van der Waals surface area contributed by atoms with Crippen molar-refractivity contribution in [2.24, 2.45) is 4.99 Å². The molecular weight excluding hydrogens is 485 g/mol. The first-order valence-electron chi connectivity index (χ1n) is 9.93. The third kappa shape index (κ3) is 8.83. The van der Waals surface area contributed by atoms with E-state index in [1.54, 1.807) is 19.2 Å². The number of nitro groups is 1. The first kappa shape index (κ1) is 25.6. The zero-order valence-electron chi connectivity index (χ0n) is 17.6. The molecule has 1 aliphatic heterocycles. The molecule has 1 aliphatic rings. The van der Waals surface area contributed by atoms with Gasteiger partial charge in [-0.25, -0.2) is 0 Å². The van der Waals surface area contributed by atoms with E-state index < -0.39 is 0 Å². The maximum atomic E-state index is 10.7. The zero-order valence-corrected chi connectivity index (χ0v) is 20.0. The molecule has 0 bridgehead atoms. The summed E-state index contributed by atoms with van der Waals surface area (Å²) >= 11 is 0. The van der Waals surface area contributed by atoms with Crippen molar-refractivity contribution in [3.63, 3.8) is 0 Å². The summed E-state index contributed by atoms with van der Waals surface area (Å²) in [5.74, 6) is 0.816. The van der Waals surface area contributed by atoms with Crippen LogP contribution in [-0.2, 0) is 11.2 Å². The number of non-ortho nitro benzene ring substituents is 1. The molecule has 0 atom stereocenters. The van der Waals surface area contributed by atoms with Crippen molar-refractivity contribution in [1.29, 1.82) is 0 Å². The van der Waals surface area contributed by atoms with Crippen molar-refractivity contribution in [3.8, 4) is 0 Å². The smallest absolute Gasteiger partial charge is 0.269 e. The number of hydrogen-bond acceptors (Lipinski definition) is 5. The zero-order chi connectivity index (χ0) is 20.4. The molecule has 1 aromatic rings. The Morgan fingerprint density at radius 3 is 2.45 bits per heavy atom. The number of guanidine groups is 1. The highest BCUT2D eigenvalue weighted by Crippen LogP contribution is 2.15. The van der Waals surface area contributed by atoms with Gasteiger partial charge in [0, 0.05) is 50.9 Å². The number of aliphatic imine (C=N–C) groups is 1. The first-order chi connectivity index (χ1) is 13.4. The van der Waals surface area contributed by atoms with Gasteiger partial charge in [0.15, 0.2) is 5.96 Å². The fourth-order valence-corrected chi connectivity index (χ4v) is 3.25. The molecule has 0 saturated carbocycles. The summed E-state index contributed by atoms with van der Waals surface area (Å²) < 4.78 is 5.44. The van der Waals surface area contributed by atoms with Crippen LogP contribution in [0.5, 0.6) is 0 Å². The van der Waals surface area contributed by atoms with Gasteiger partial charge in [0.2, 0.25) is 0 Å². The van der Waals surface area contributed by atoms with E-state index in [2.05, 4.69) is 34.4 Å². The molecule has 0 aliphatic carbocycles. The Kier molecular flexibility index (Phi) is 11.4. The van der Waals surface area contributed by atoms with E-state index in [-0.39, 0.29) is 40.1 Å². The van der Waals surface area contributed by atoms with Crippen molar-refractivity contribution < 1.29 is 9.66 Å². The molecule has 1 fully saturated rings. The number of aryl methyl sites for hydroxylation is 1. The van der Waals surface area contributed by atoms with Crippen molar-refractivity contribution in [3.05, 3.63) is 39.9 Å². The Morgan fingerprint density at radius 1 is 1.21 bits per heavy atom. The number of nitrogens with one attached hydrogen (secondary N) is 2. The van der Waals surface area contributed by atoms with Crippen LogP contribution in [0.3, 0.4) is 0 Å². The maximum absolute atomic E-state index is 10.7. The third-order valence-corrected chi connectivity index (χ3v) is 5.11. The number of unbranched alkanes of at least 4 members (excludes halogenated alkanes) is 1. The summed E-state index contributed by atoms with van der Waals surface area (Å²) in [6, 6.07) is 6.80. The SMILES string of the molecule is CN=C(NCCCCc1ccc([N+](=O)[O-])cc1)NCC(C)(C)N1CCOCC1.I. The molecule has 1 aromatic carbocycles. The Bertz CT molecular complexity index is 646. The molecule has 0 spiro atoms. The van der Waals surface area contributed by atoms with Gasteiger partial charge in [-0.15, -0.1) is 24.0 Å². The van der Waals surface area contributed by atoms with Crippen molar-refractivity contribution in [2.45, 2.75) is 38.6 Å². The van der Waals surface area contributed by atoms with E-state index in [4.69, 9.17) is 4.74 Å². The van der Waals surface area contributed by atoms with Gasteiger partial charge < -0.3 is 15.4 Å². The minimum Gasteiger partial charge on any atom is -0.379 e. The molecule has 0 amide bonds. The van der Waals surface area contributed by atoms with Gasteiger partial charge in [-0.2, -0.15) is 0 Å². The van der Waals surface area contributed by atoms with Crippen molar-refractivity contribution >= 4 is 35.6 Å². The standard InChI is InChI=1S/C20H33N5O3.HI/c1-20(2,24-12-14-28-15-13-24)16-23-19(21-3)22-11-5-4-6-17-7-9-18(10-8-17)25(26)27;/h7-10H,4-6,11-16H2,1-3H3,(H2,21,22,23);1H. The number of benzene rings is 1. The highest BCUT2D eigenvalue weighted by molar-refractivity contribution is 14.0. The highest BCUT2D eigenvalue weighted by atomic mass is 127. The van der Waals surface area contributed by atoms with Crippen LogP contribution < -0.4 is 10.6 Å². The lowest BCUT2D eigenvalue weighted by Crippen LogP contribution is -2.56. The van der Waals surface area contributed by atoms with E-state index in [1.807, 2.05) is 12.1 Å². The molecule has 29 heavy (non-hydrogen) atoms. The number of rotatable bonds is 9. The second-order valence-electron chi connectivity index (χ2n) is 7.65. The van der Waals surface area contributed by atoms with Gasteiger partial charge in [0.1, 0.15) is 0 Å². The molecule has 0 radical (unpaired) electrons. The van der Waals surface area contributed by atoms with Crippen LogP contribution in [0.15, 0.2) is 29.3 Å². The normalized spacial score (nSPS) is 15.5. The maximum Gasteiger partial charge on any atom is 0.269 e. The number of morpholine rings is 1. The average molecular weight is 519 g/mol. The lowest BCUT2D eigenvalue weighted by Gasteiger charge is -2.41. The molecule has 1 heterocycles. The summed E-state index contributed by atoms with van der Waals surface area (Å²) in [6.45, 7) is 9.65. The van der Waals surface area contributed by atoms with Gasteiger partial charge in [0.05, 0.1) is 18.1 Å². The Morgan fingerprint density at radius 2 is 1.86 bits per heavy atom. The molecule has 9 heteroatoms. The van der Waals surface area contributed by atoms with Crippen LogP contribution in [-0.4, -0.2) is 67.8 Å². The largest absolute Gasteiger partial charge is 0.379 e. The predicted octanol–water partition coefficient (Wildman–Crippen LogP) is 2.81. The number of nitro benzene ring substituents is 1. The lowest BCUT2D eigenvalue weighted by molar-refractivity contribution is -0.384. The van der Waals surface area contributed by atoms with Crippen LogP contribution in [0, 0.1) is 10.1 Å². The second-order valence-corrected chi connectivity index (χ2v) is 7.65. The number of nitrogens with zero attached hydrogens (tertiary/aromatic N) is 3.